The first-order valence-electron chi connectivity index (χ1n) is 8.09. The molecule has 0 unspecified atom stereocenters. The highest BCUT2D eigenvalue weighted by Gasteiger charge is 2.44. The van der Waals surface area contributed by atoms with Crippen molar-refractivity contribution in [2.24, 2.45) is 0 Å². The van der Waals surface area contributed by atoms with Gasteiger partial charge in [0.05, 0.1) is 5.02 Å². The quantitative estimate of drug-likeness (QED) is 0.904. The van der Waals surface area contributed by atoms with E-state index in [1.165, 1.54) is 37.7 Å². The summed E-state index contributed by atoms with van der Waals surface area (Å²) in [6, 6.07) is 2.06. The van der Waals surface area contributed by atoms with E-state index in [1.807, 2.05) is 6.20 Å². The van der Waals surface area contributed by atoms with Crippen LogP contribution in [0.25, 0.3) is 0 Å². The zero-order valence-corrected chi connectivity index (χ0v) is 13.9. The Hall–Kier alpha value is -0.640. The molecule has 2 fully saturated rings. The summed E-state index contributed by atoms with van der Waals surface area (Å²) in [5.41, 5.74) is 1.69. The summed E-state index contributed by atoms with van der Waals surface area (Å²) < 4.78 is 0. The molecule has 1 aliphatic heterocycles. The molecule has 0 amide bonds. The molecule has 0 radical (unpaired) electrons. The van der Waals surface area contributed by atoms with Crippen LogP contribution in [-0.2, 0) is 6.54 Å². The van der Waals surface area contributed by atoms with Gasteiger partial charge < -0.3 is 5.32 Å². The minimum atomic E-state index is 0.169. The van der Waals surface area contributed by atoms with E-state index in [-0.39, 0.29) is 5.54 Å². The summed E-state index contributed by atoms with van der Waals surface area (Å²) in [6.07, 6.45) is 10.3. The molecule has 3 nitrogen and oxygen atoms in total. The molecule has 1 spiro atoms. The first-order valence-corrected chi connectivity index (χ1v) is 8.47. The Balaban J connectivity index is 1.85. The molecule has 21 heavy (non-hydrogen) atoms. The summed E-state index contributed by atoms with van der Waals surface area (Å²) in [5.74, 6) is 0. The van der Waals surface area contributed by atoms with E-state index in [0.29, 0.717) is 5.54 Å². The second-order valence-electron chi connectivity index (χ2n) is 7.35. The van der Waals surface area contributed by atoms with Crippen molar-refractivity contribution in [2.45, 2.75) is 63.6 Å². The molecule has 0 atom stereocenters. The van der Waals surface area contributed by atoms with Crippen LogP contribution in [0.15, 0.2) is 18.5 Å². The Kier molecular flexibility index (Phi) is 4.26. The predicted molar refractivity (Wildman–Crippen MR) is 87.6 cm³/mol. The molecule has 1 aliphatic carbocycles. The third-order valence-corrected chi connectivity index (χ3v) is 5.50. The SMILES string of the molecule is CC1(C)CN(Cc2ccncc2Cl)C2(CCCCC2)CN1. The fraction of sp³-hybridized carbons (Fsp3) is 0.706. The van der Waals surface area contributed by atoms with Crippen LogP contribution < -0.4 is 5.32 Å². The van der Waals surface area contributed by atoms with Crippen molar-refractivity contribution in [1.82, 2.24) is 15.2 Å². The molecule has 1 saturated carbocycles. The molecule has 1 N–H and O–H groups in total. The summed E-state index contributed by atoms with van der Waals surface area (Å²) in [7, 11) is 0. The van der Waals surface area contributed by atoms with Gasteiger partial charge in [-0.2, -0.15) is 0 Å². The van der Waals surface area contributed by atoms with E-state index in [4.69, 9.17) is 11.6 Å². The van der Waals surface area contributed by atoms with Gasteiger partial charge in [0.25, 0.3) is 0 Å². The van der Waals surface area contributed by atoms with E-state index < -0.39 is 0 Å². The summed E-state index contributed by atoms with van der Waals surface area (Å²) >= 11 is 6.34. The van der Waals surface area contributed by atoms with Crippen molar-refractivity contribution in [1.29, 1.82) is 0 Å². The molecule has 1 aromatic rings. The summed E-state index contributed by atoms with van der Waals surface area (Å²) in [6.45, 7) is 7.70. The standard InChI is InChI=1S/C17H26ClN3/c1-16(2)13-21(11-14-6-9-19-10-15(14)18)17(12-20-16)7-4-3-5-8-17/h6,9-10,20H,3-5,7-8,11-13H2,1-2H3. The number of nitrogens with one attached hydrogen (secondary N) is 1. The molecular formula is C17H26ClN3. The van der Waals surface area contributed by atoms with Gasteiger partial charge in [-0.1, -0.05) is 30.9 Å². The van der Waals surface area contributed by atoms with Crippen molar-refractivity contribution in [2.75, 3.05) is 13.1 Å². The number of nitrogens with zero attached hydrogens (tertiary/aromatic N) is 2. The van der Waals surface area contributed by atoms with Crippen LogP contribution in [0.2, 0.25) is 5.02 Å². The Morgan fingerprint density at radius 2 is 2.05 bits per heavy atom. The smallest absolute Gasteiger partial charge is 0.0634 e. The van der Waals surface area contributed by atoms with Crippen molar-refractivity contribution in [3.63, 3.8) is 0 Å². The predicted octanol–water partition coefficient (Wildman–Crippen LogP) is 3.62. The lowest BCUT2D eigenvalue weighted by Crippen LogP contribution is -2.68. The number of hydrogen-bond donors (Lipinski definition) is 1. The fourth-order valence-corrected chi connectivity index (χ4v) is 4.06. The van der Waals surface area contributed by atoms with Gasteiger partial charge in [0.15, 0.2) is 0 Å². The Morgan fingerprint density at radius 1 is 1.29 bits per heavy atom. The number of piperazine rings is 1. The Bertz CT molecular complexity index is 495. The lowest BCUT2D eigenvalue weighted by molar-refractivity contribution is -0.0161. The number of halogens is 1. The monoisotopic (exact) mass is 307 g/mol. The van der Waals surface area contributed by atoms with E-state index in [9.17, 15) is 0 Å². The van der Waals surface area contributed by atoms with Crippen molar-refractivity contribution < 1.29 is 0 Å². The van der Waals surface area contributed by atoms with Crippen LogP contribution in [0.3, 0.4) is 0 Å². The molecule has 4 heteroatoms. The summed E-state index contributed by atoms with van der Waals surface area (Å²) in [4.78, 5) is 6.79. The maximum atomic E-state index is 6.34. The topological polar surface area (TPSA) is 28.2 Å². The maximum absolute atomic E-state index is 6.34. The van der Waals surface area contributed by atoms with E-state index in [1.54, 1.807) is 6.20 Å². The first-order chi connectivity index (χ1) is 10.0. The van der Waals surface area contributed by atoms with E-state index in [0.717, 1.165) is 24.7 Å². The van der Waals surface area contributed by atoms with Crippen LogP contribution in [-0.4, -0.2) is 34.1 Å². The third kappa shape index (κ3) is 3.25. The first kappa shape index (κ1) is 15.3. The average Bonchev–Trinajstić information content (AvgIpc) is 2.47. The van der Waals surface area contributed by atoms with Gasteiger partial charge in [-0.25, -0.2) is 0 Å². The molecule has 0 bridgehead atoms. The van der Waals surface area contributed by atoms with Gasteiger partial charge >= 0.3 is 0 Å². The highest BCUT2D eigenvalue weighted by Crippen LogP contribution is 2.38. The second-order valence-corrected chi connectivity index (χ2v) is 7.75. The highest BCUT2D eigenvalue weighted by atomic mass is 35.5. The summed E-state index contributed by atoms with van der Waals surface area (Å²) in [5, 5.41) is 4.55. The molecule has 1 saturated heterocycles. The van der Waals surface area contributed by atoms with Crippen molar-refractivity contribution in [3.05, 3.63) is 29.0 Å². The van der Waals surface area contributed by atoms with Crippen LogP contribution in [0.5, 0.6) is 0 Å². The number of rotatable bonds is 2. The highest BCUT2D eigenvalue weighted by molar-refractivity contribution is 6.31. The molecule has 2 aliphatic rings. The largest absolute Gasteiger partial charge is 0.309 e. The molecule has 2 heterocycles. The van der Waals surface area contributed by atoms with Crippen molar-refractivity contribution >= 4 is 11.6 Å². The van der Waals surface area contributed by atoms with Crippen LogP contribution in [0.1, 0.15) is 51.5 Å². The van der Waals surface area contributed by atoms with Crippen LogP contribution in [0, 0.1) is 0 Å². The van der Waals surface area contributed by atoms with E-state index >= 15 is 0 Å². The van der Waals surface area contributed by atoms with Crippen LogP contribution >= 0.6 is 11.6 Å². The number of aromatic nitrogens is 1. The number of pyridine rings is 1. The molecular weight excluding hydrogens is 282 g/mol. The second kappa shape index (κ2) is 5.86. The zero-order chi connectivity index (χ0) is 14.9. The maximum Gasteiger partial charge on any atom is 0.0634 e. The van der Waals surface area contributed by atoms with Crippen LogP contribution in [0.4, 0.5) is 0 Å². The van der Waals surface area contributed by atoms with Gasteiger partial charge in [-0.05, 0) is 38.3 Å². The normalized spacial score (nSPS) is 25.1. The average molecular weight is 308 g/mol. The molecule has 116 valence electrons. The fourth-order valence-electron chi connectivity index (χ4n) is 3.88. The van der Waals surface area contributed by atoms with Gasteiger partial charge in [-0.15, -0.1) is 0 Å². The molecule has 1 aromatic heterocycles. The lowest BCUT2D eigenvalue weighted by Gasteiger charge is -2.54. The molecule has 3 rings (SSSR count). The van der Waals surface area contributed by atoms with Gasteiger partial charge in [0.2, 0.25) is 0 Å². The van der Waals surface area contributed by atoms with E-state index in [2.05, 4.69) is 35.1 Å². The van der Waals surface area contributed by atoms with Crippen molar-refractivity contribution in [3.8, 4) is 0 Å². The van der Waals surface area contributed by atoms with Gasteiger partial charge in [0, 0.05) is 43.1 Å². The lowest BCUT2D eigenvalue weighted by atomic mass is 9.76. The minimum Gasteiger partial charge on any atom is -0.309 e. The third-order valence-electron chi connectivity index (χ3n) is 5.15. The Labute approximate surface area is 133 Å². The number of hydrogen-bond acceptors (Lipinski definition) is 3. The molecule has 0 aromatic carbocycles. The van der Waals surface area contributed by atoms with Gasteiger partial charge in [0.1, 0.15) is 0 Å². The Morgan fingerprint density at radius 3 is 2.76 bits per heavy atom. The minimum absolute atomic E-state index is 0.169. The zero-order valence-electron chi connectivity index (χ0n) is 13.2. The van der Waals surface area contributed by atoms with Gasteiger partial charge in [-0.3, -0.25) is 9.88 Å².